The molecule has 4 heteroatoms. The number of carbonyl (C=O) groups is 2. The number of likely N-dealkylation sites (tertiary alicyclic amines) is 1. The van der Waals surface area contributed by atoms with Crippen LogP contribution in [0.4, 0.5) is 5.69 Å². The number of hydrogen-bond donors (Lipinski definition) is 1. The third-order valence-electron chi connectivity index (χ3n) is 4.94. The quantitative estimate of drug-likeness (QED) is 0.873. The molecule has 1 aromatic carbocycles. The topological polar surface area (TPSA) is 49.4 Å². The lowest BCUT2D eigenvalue weighted by molar-refractivity contribution is -0.143. The van der Waals surface area contributed by atoms with E-state index in [1.165, 1.54) is 0 Å². The van der Waals surface area contributed by atoms with E-state index in [9.17, 15) is 9.59 Å². The van der Waals surface area contributed by atoms with Gasteiger partial charge in [0.05, 0.1) is 0 Å². The van der Waals surface area contributed by atoms with Crippen molar-refractivity contribution in [3.63, 3.8) is 0 Å². The maximum atomic E-state index is 12.8. The summed E-state index contributed by atoms with van der Waals surface area (Å²) in [5, 5.41) is 2.93. The zero-order valence-electron chi connectivity index (χ0n) is 13.4. The van der Waals surface area contributed by atoms with E-state index in [0.717, 1.165) is 37.2 Å². The summed E-state index contributed by atoms with van der Waals surface area (Å²) in [5.74, 6) is 0.576. The van der Waals surface area contributed by atoms with E-state index in [-0.39, 0.29) is 11.8 Å². The first kappa shape index (κ1) is 15.1. The van der Waals surface area contributed by atoms with E-state index in [4.69, 9.17) is 0 Å². The average Bonchev–Trinajstić information content (AvgIpc) is 3.29. The fourth-order valence-corrected chi connectivity index (χ4v) is 3.15. The molecule has 2 aliphatic rings. The second-order valence-electron chi connectivity index (χ2n) is 6.88. The molecule has 0 unspecified atom stereocenters. The average molecular weight is 300 g/mol. The van der Waals surface area contributed by atoms with E-state index >= 15 is 0 Å². The molecule has 4 nitrogen and oxygen atoms in total. The van der Waals surface area contributed by atoms with Crippen molar-refractivity contribution >= 4 is 17.5 Å². The summed E-state index contributed by atoms with van der Waals surface area (Å²) in [6.45, 7) is 5.79. The molecule has 1 N–H and O–H groups in total. The van der Waals surface area contributed by atoms with Gasteiger partial charge in [0.15, 0.2) is 0 Å². The van der Waals surface area contributed by atoms with Crippen LogP contribution in [0, 0.1) is 18.3 Å². The number of anilines is 1. The number of nitrogens with one attached hydrogen (secondary N) is 1. The number of rotatable bonds is 3. The molecular weight excluding hydrogens is 276 g/mol. The molecule has 1 saturated heterocycles. The number of amides is 2. The minimum absolute atomic E-state index is 0.0320. The number of aryl methyl sites for hydroxylation is 1. The van der Waals surface area contributed by atoms with Crippen LogP contribution in [0.1, 0.15) is 38.2 Å². The minimum Gasteiger partial charge on any atom is -0.342 e. The molecule has 2 amide bonds. The van der Waals surface area contributed by atoms with Crippen molar-refractivity contribution in [1.29, 1.82) is 0 Å². The van der Waals surface area contributed by atoms with E-state index in [0.29, 0.717) is 18.8 Å². The second-order valence-corrected chi connectivity index (χ2v) is 6.88. The molecule has 2 fully saturated rings. The maximum Gasteiger partial charge on any atom is 0.240 e. The first-order valence-corrected chi connectivity index (χ1v) is 8.19. The van der Waals surface area contributed by atoms with Gasteiger partial charge in [-0.25, -0.2) is 0 Å². The van der Waals surface area contributed by atoms with E-state index < -0.39 is 5.41 Å². The van der Waals surface area contributed by atoms with Gasteiger partial charge in [0.25, 0.3) is 0 Å². The van der Waals surface area contributed by atoms with Crippen LogP contribution in [0.15, 0.2) is 24.3 Å². The second kappa shape index (κ2) is 5.75. The van der Waals surface area contributed by atoms with Gasteiger partial charge in [-0.3, -0.25) is 9.59 Å². The number of carbonyl (C=O) groups excluding carboxylic acids is 2. The summed E-state index contributed by atoms with van der Waals surface area (Å²) in [6.07, 6.45) is 3.44. The number of nitrogens with zero attached hydrogens (tertiary/aromatic N) is 1. The Bertz CT molecular complexity index is 585. The summed E-state index contributed by atoms with van der Waals surface area (Å²) in [6, 6.07) is 7.70. The van der Waals surface area contributed by atoms with Crippen LogP contribution in [0.3, 0.4) is 0 Å². The molecule has 1 saturated carbocycles. The molecule has 0 bridgehead atoms. The predicted molar refractivity (Wildman–Crippen MR) is 86.5 cm³/mol. The third-order valence-corrected chi connectivity index (χ3v) is 4.94. The third kappa shape index (κ3) is 2.87. The van der Waals surface area contributed by atoms with Crippen molar-refractivity contribution in [3.05, 3.63) is 29.8 Å². The van der Waals surface area contributed by atoms with Gasteiger partial charge < -0.3 is 10.2 Å². The van der Waals surface area contributed by atoms with Crippen LogP contribution in [0.25, 0.3) is 0 Å². The SMILES string of the molecule is Cc1cccc(NC(=O)C2(C(=O)N3CCC(C)CC3)CC2)c1. The van der Waals surface area contributed by atoms with Crippen LogP contribution >= 0.6 is 0 Å². The Hall–Kier alpha value is -1.84. The number of hydrogen-bond acceptors (Lipinski definition) is 2. The first-order valence-electron chi connectivity index (χ1n) is 8.19. The standard InChI is InChI=1S/C18H24N2O2/c1-13-6-10-20(11-7-13)17(22)18(8-9-18)16(21)19-15-5-3-4-14(2)12-15/h3-5,12-13H,6-11H2,1-2H3,(H,19,21). The van der Waals surface area contributed by atoms with Gasteiger partial charge in [0.1, 0.15) is 5.41 Å². The lowest BCUT2D eigenvalue weighted by atomic mass is 9.96. The Morgan fingerprint density at radius 3 is 2.50 bits per heavy atom. The van der Waals surface area contributed by atoms with Gasteiger partial charge in [-0.05, 0) is 56.2 Å². The lowest BCUT2D eigenvalue weighted by Gasteiger charge is -2.32. The van der Waals surface area contributed by atoms with Gasteiger partial charge in [-0.1, -0.05) is 19.1 Å². The number of piperidine rings is 1. The number of benzene rings is 1. The van der Waals surface area contributed by atoms with Gasteiger partial charge in [-0.2, -0.15) is 0 Å². The Morgan fingerprint density at radius 1 is 1.23 bits per heavy atom. The molecule has 1 aromatic rings. The van der Waals surface area contributed by atoms with Crippen LogP contribution in [-0.2, 0) is 9.59 Å². The first-order chi connectivity index (χ1) is 10.5. The van der Waals surface area contributed by atoms with Crippen molar-refractivity contribution in [2.45, 2.75) is 39.5 Å². The summed E-state index contributed by atoms with van der Waals surface area (Å²) < 4.78 is 0. The van der Waals surface area contributed by atoms with Crippen LogP contribution in [0.5, 0.6) is 0 Å². The van der Waals surface area contributed by atoms with Crippen LogP contribution in [0.2, 0.25) is 0 Å². The largest absolute Gasteiger partial charge is 0.342 e. The highest BCUT2D eigenvalue weighted by atomic mass is 16.2. The molecule has 1 aliphatic carbocycles. The van der Waals surface area contributed by atoms with E-state index in [1.807, 2.05) is 36.1 Å². The predicted octanol–water partition coefficient (Wildman–Crippen LogP) is 2.97. The molecule has 0 aromatic heterocycles. The van der Waals surface area contributed by atoms with Gasteiger partial charge in [0, 0.05) is 18.8 Å². The Kier molecular flexibility index (Phi) is 3.94. The summed E-state index contributed by atoms with van der Waals surface area (Å²) in [5.41, 5.74) is 1.07. The molecule has 1 heterocycles. The van der Waals surface area contributed by atoms with Crippen LogP contribution in [-0.4, -0.2) is 29.8 Å². The Balaban J connectivity index is 1.67. The zero-order chi connectivity index (χ0) is 15.7. The van der Waals surface area contributed by atoms with Gasteiger partial charge in [-0.15, -0.1) is 0 Å². The van der Waals surface area contributed by atoms with E-state index in [1.54, 1.807) is 0 Å². The van der Waals surface area contributed by atoms with Gasteiger partial charge >= 0.3 is 0 Å². The highest BCUT2D eigenvalue weighted by Crippen LogP contribution is 2.48. The Morgan fingerprint density at radius 2 is 1.91 bits per heavy atom. The molecular formula is C18H24N2O2. The molecule has 22 heavy (non-hydrogen) atoms. The molecule has 1 aliphatic heterocycles. The molecule has 118 valence electrons. The molecule has 3 rings (SSSR count). The Labute approximate surface area is 131 Å². The molecule has 0 radical (unpaired) electrons. The summed E-state index contributed by atoms with van der Waals surface area (Å²) in [4.78, 5) is 27.2. The van der Waals surface area contributed by atoms with Gasteiger partial charge in [0.2, 0.25) is 11.8 Å². The monoisotopic (exact) mass is 300 g/mol. The highest BCUT2D eigenvalue weighted by molar-refractivity contribution is 6.13. The van der Waals surface area contributed by atoms with Crippen LogP contribution < -0.4 is 5.32 Å². The summed E-state index contributed by atoms with van der Waals surface area (Å²) in [7, 11) is 0. The smallest absolute Gasteiger partial charge is 0.240 e. The van der Waals surface area contributed by atoms with Crippen molar-refractivity contribution in [2.24, 2.45) is 11.3 Å². The zero-order valence-corrected chi connectivity index (χ0v) is 13.4. The highest BCUT2D eigenvalue weighted by Gasteiger charge is 2.58. The molecule has 0 atom stereocenters. The minimum atomic E-state index is -0.801. The normalized spacial score (nSPS) is 20.5. The van der Waals surface area contributed by atoms with Crippen molar-refractivity contribution in [1.82, 2.24) is 4.90 Å². The maximum absolute atomic E-state index is 12.8. The lowest BCUT2D eigenvalue weighted by Crippen LogP contribution is -2.46. The van der Waals surface area contributed by atoms with Crippen molar-refractivity contribution in [3.8, 4) is 0 Å². The summed E-state index contributed by atoms with van der Waals surface area (Å²) >= 11 is 0. The van der Waals surface area contributed by atoms with Crippen molar-refractivity contribution < 1.29 is 9.59 Å². The fraction of sp³-hybridized carbons (Fsp3) is 0.556. The molecule has 0 spiro atoms. The van der Waals surface area contributed by atoms with Crippen molar-refractivity contribution in [2.75, 3.05) is 18.4 Å². The fourth-order valence-electron chi connectivity index (χ4n) is 3.15. The van der Waals surface area contributed by atoms with E-state index in [2.05, 4.69) is 12.2 Å².